The molecule has 6 nitrogen and oxygen atoms in total. The first-order valence-electron chi connectivity index (χ1n) is 3.82. The van der Waals surface area contributed by atoms with Gasteiger partial charge in [0.05, 0.1) is 4.75 Å². The molecule has 0 saturated carbocycles. The highest BCUT2D eigenvalue weighted by Gasteiger charge is 2.34. The molecule has 0 aliphatic carbocycles. The molecule has 0 aromatic rings. The van der Waals surface area contributed by atoms with Crippen molar-refractivity contribution in [2.24, 2.45) is 0 Å². The van der Waals surface area contributed by atoms with E-state index in [-0.39, 0.29) is 6.54 Å². The lowest BCUT2D eigenvalue weighted by Gasteiger charge is -2.23. The second kappa shape index (κ2) is 4.54. The summed E-state index contributed by atoms with van der Waals surface area (Å²) in [5.74, 6) is -0.466. The second-order valence-electron chi connectivity index (χ2n) is 3.28. The Labute approximate surface area is 83.0 Å². The van der Waals surface area contributed by atoms with Gasteiger partial charge in [-0.1, -0.05) is 11.5 Å². The van der Waals surface area contributed by atoms with Gasteiger partial charge in [-0.2, -0.15) is 0 Å². The molecule has 0 aromatic carbocycles. The van der Waals surface area contributed by atoms with E-state index in [1.54, 1.807) is 0 Å². The molecule has 82 valence electrons. The van der Waals surface area contributed by atoms with Crippen molar-refractivity contribution in [3.63, 3.8) is 0 Å². The molecule has 0 rings (SSSR count). The molecule has 0 atom stereocenters. The van der Waals surface area contributed by atoms with Gasteiger partial charge in [0.15, 0.2) is 0 Å². The minimum absolute atomic E-state index is 0.117. The molecule has 0 bridgehead atoms. The Morgan fingerprint density at radius 3 is 2.43 bits per heavy atom. The predicted octanol–water partition coefficient (Wildman–Crippen LogP) is -0.624. The van der Waals surface area contributed by atoms with Crippen molar-refractivity contribution in [2.45, 2.75) is 18.6 Å². The Balaban J connectivity index is 4.50. The quantitative estimate of drug-likeness (QED) is 0.426. The molecule has 1 amide bonds. The third-order valence-corrected chi connectivity index (χ3v) is 3.56. The van der Waals surface area contributed by atoms with Gasteiger partial charge in [0.2, 0.25) is 15.9 Å². The van der Waals surface area contributed by atoms with Crippen LogP contribution in [0.25, 0.3) is 0 Å². The van der Waals surface area contributed by atoms with E-state index in [2.05, 4.69) is 11.9 Å². The molecule has 7 heteroatoms. The van der Waals surface area contributed by atoms with Crippen molar-refractivity contribution in [3.8, 4) is 0 Å². The Hall–Kier alpha value is -0.920. The maximum atomic E-state index is 11.2. The normalized spacial score (nSPS) is 12.2. The van der Waals surface area contributed by atoms with Crippen molar-refractivity contribution >= 4 is 15.9 Å². The van der Waals surface area contributed by atoms with Crippen LogP contribution in [-0.2, 0) is 14.8 Å². The van der Waals surface area contributed by atoms with Crippen LogP contribution in [0.4, 0.5) is 0 Å². The summed E-state index contributed by atoms with van der Waals surface area (Å²) in [6, 6.07) is 0. The number of amides is 1. The van der Waals surface area contributed by atoms with E-state index in [9.17, 15) is 13.2 Å². The predicted molar refractivity (Wildman–Crippen MR) is 51.1 cm³/mol. The summed E-state index contributed by atoms with van der Waals surface area (Å²) in [7, 11) is -3.85. The molecule has 0 spiro atoms. The van der Waals surface area contributed by atoms with Gasteiger partial charge in [-0.3, -0.25) is 4.79 Å². The number of hydrogen-bond donors (Lipinski definition) is 3. The minimum atomic E-state index is -3.85. The maximum Gasteiger partial charge on any atom is 0.243 e. The van der Waals surface area contributed by atoms with Gasteiger partial charge in [0.1, 0.15) is 0 Å². The van der Waals surface area contributed by atoms with Crippen molar-refractivity contribution in [1.29, 1.82) is 0 Å². The summed E-state index contributed by atoms with van der Waals surface area (Å²) in [6.07, 6.45) is 1.04. The SMILES string of the molecule is C=CC(=O)NCC(C)(C)S(=O)(=O)NO. The smallest absolute Gasteiger partial charge is 0.243 e. The monoisotopic (exact) mass is 222 g/mol. The summed E-state index contributed by atoms with van der Waals surface area (Å²) in [4.78, 5) is 12.0. The largest absolute Gasteiger partial charge is 0.351 e. The highest BCUT2D eigenvalue weighted by Crippen LogP contribution is 2.12. The van der Waals surface area contributed by atoms with Gasteiger partial charge in [-0.05, 0) is 19.9 Å². The van der Waals surface area contributed by atoms with Crippen molar-refractivity contribution in [1.82, 2.24) is 10.2 Å². The zero-order valence-corrected chi connectivity index (χ0v) is 8.89. The standard InChI is InChI=1S/C7H14N2O4S/c1-4-6(10)8-5-7(2,3)14(12,13)9-11/h4,9,11H,1,5H2,2-3H3,(H,8,10). The average Bonchev–Trinajstić information content (AvgIpc) is 2.13. The molecule has 0 heterocycles. The second-order valence-corrected chi connectivity index (χ2v) is 5.57. The number of sulfonamides is 1. The summed E-state index contributed by atoms with van der Waals surface area (Å²) < 4.78 is 21.1. The first-order chi connectivity index (χ1) is 6.27. The van der Waals surface area contributed by atoms with Crippen LogP contribution in [0.2, 0.25) is 0 Å². The highest BCUT2D eigenvalue weighted by molar-refractivity contribution is 7.90. The fourth-order valence-corrected chi connectivity index (χ4v) is 1.10. The zero-order chi connectivity index (χ0) is 11.4. The van der Waals surface area contributed by atoms with E-state index < -0.39 is 20.7 Å². The van der Waals surface area contributed by atoms with E-state index in [1.165, 1.54) is 18.7 Å². The minimum Gasteiger partial charge on any atom is -0.351 e. The van der Waals surface area contributed by atoms with Crippen LogP contribution in [0.1, 0.15) is 13.8 Å². The third kappa shape index (κ3) is 3.09. The Bertz CT molecular complexity index is 321. The molecular formula is C7H14N2O4S. The van der Waals surface area contributed by atoms with Gasteiger partial charge in [0, 0.05) is 6.54 Å². The number of carbonyl (C=O) groups is 1. The number of hydrogen-bond acceptors (Lipinski definition) is 4. The molecule has 0 aromatic heterocycles. The maximum absolute atomic E-state index is 11.2. The lowest BCUT2D eigenvalue weighted by Crippen LogP contribution is -2.48. The molecule has 3 N–H and O–H groups in total. The summed E-state index contributed by atoms with van der Waals surface area (Å²) in [5, 5.41) is 10.7. The Morgan fingerprint density at radius 2 is 2.07 bits per heavy atom. The van der Waals surface area contributed by atoms with Crippen LogP contribution in [0, 0.1) is 0 Å². The summed E-state index contributed by atoms with van der Waals surface area (Å²) >= 11 is 0. The van der Waals surface area contributed by atoms with Crippen LogP contribution in [-0.4, -0.2) is 30.8 Å². The van der Waals surface area contributed by atoms with Gasteiger partial charge < -0.3 is 10.5 Å². The number of carbonyl (C=O) groups excluding carboxylic acids is 1. The fourth-order valence-electron chi connectivity index (χ4n) is 0.591. The van der Waals surface area contributed by atoms with E-state index >= 15 is 0 Å². The average molecular weight is 222 g/mol. The third-order valence-electron chi connectivity index (χ3n) is 1.72. The summed E-state index contributed by atoms with van der Waals surface area (Å²) in [5.41, 5.74) is 0. The Morgan fingerprint density at radius 1 is 1.57 bits per heavy atom. The molecule has 14 heavy (non-hydrogen) atoms. The van der Waals surface area contributed by atoms with Crippen LogP contribution >= 0.6 is 0 Å². The lowest BCUT2D eigenvalue weighted by molar-refractivity contribution is -0.116. The van der Waals surface area contributed by atoms with Crippen molar-refractivity contribution in [2.75, 3.05) is 6.54 Å². The number of rotatable bonds is 5. The van der Waals surface area contributed by atoms with Crippen LogP contribution in [0.15, 0.2) is 12.7 Å². The van der Waals surface area contributed by atoms with E-state index in [4.69, 9.17) is 5.21 Å². The number of nitrogens with one attached hydrogen (secondary N) is 2. The van der Waals surface area contributed by atoms with Crippen LogP contribution < -0.4 is 10.2 Å². The molecule has 0 unspecified atom stereocenters. The van der Waals surface area contributed by atoms with Gasteiger partial charge in [-0.25, -0.2) is 8.42 Å². The van der Waals surface area contributed by atoms with E-state index in [1.807, 2.05) is 0 Å². The topological polar surface area (TPSA) is 95.5 Å². The molecule has 0 radical (unpaired) electrons. The van der Waals surface area contributed by atoms with E-state index in [0.29, 0.717) is 0 Å². The van der Waals surface area contributed by atoms with Crippen LogP contribution in [0.3, 0.4) is 0 Å². The van der Waals surface area contributed by atoms with Crippen molar-refractivity contribution < 1.29 is 18.4 Å². The van der Waals surface area contributed by atoms with Gasteiger partial charge >= 0.3 is 0 Å². The van der Waals surface area contributed by atoms with Gasteiger partial charge in [-0.15, -0.1) is 0 Å². The molecular weight excluding hydrogens is 208 g/mol. The molecule has 0 saturated heterocycles. The molecule has 0 fully saturated rings. The molecule has 0 aliphatic heterocycles. The first-order valence-corrected chi connectivity index (χ1v) is 5.31. The Kier molecular flexibility index (Phi) is 4.24. The zero-order valence-electron chi connectivity index (χ0n) is 8.07. The fraction of sp³-hybridized carbons (Fsp3) is 0.571. The highest BCUT2D eigenvalue weighted by atomic mass is 32.2. The molecule has 0 aliphatic rings. The van der Waals surface area contributed by atoms with Crippen LogP contribution in [0.5, 0.6) is 0 Å². The van der Waals surface area contributed by atoms with Gasteiger partial charge in [0.25, 0.3) is 0 Å². The van der Waals surface area contributed by atoms with E-state index in [0.717, 1.165) is 6.08 Å². The summed E-state index contributed by atoms with van der Waals surface area (Å²) in [6.45, 7) is 5.84. The lowest BCUT2D eigenvalue weighted by atomic mass is 10.2. The van der Waals surface area contributed by atoms with Crippen molar-refractivity contribution in [3.05, 3.63) is 12.7 Å². The first kappa shape index (κ1) is 13.1.